The summed E-state index contributed by atoms with van der Waals surface area (Å²) in [4.78, 5) is 10.1. The second-order valence-electron chi connectivity index (χ2n) is 11.8. The van der Waals surface area contributed by atoms with Crippen molar-refractivity contribution in [3.05, 3.63) is 170 Å². The zero-order valence-corrected chi connectivity index (χ0v) is 25.5. The van der Waals surface area contributed by atoms with Crippen LogP contribution >= 0.6 is 0 Å². The van der Waals surface area contributed by atoms with Crippen molar-refractivity contribution in [1.82, 2.24) is 9.97 Å². The molecule has 0 amide bonds. The van der Waals surface area contributed by atoms with E-state index in [9.17, 15) is 0 Å². The molecule has 0 N–H and O–H groups in total. The third-order valence-corrected chi connectivity index (χ3v) is 8.88. The van der Waals surface area contributed by atoms with Gasteiger partial charge in [-0.25, -0.2) is 9.97 Å². The molecule has 0 aliphatic heterocycles. The fraction of sp³-hybridized carbons (Fsp3) is 0. The number of fused-ring (bicyclic) bond motifs is 5. The minimum absolute atomic E-state index is 0.697. The Hall–Kier alpha value is -6.32. The van der Waals surface area contributed by atoms with Crippen molar-refractivity contribution in [2.24, 2.45) is 0 Å². The number of furan rings is 1. The van der Waals surface area contributed by atoms with Gasteiger partial charge < -0.3 is 4.42 Å². The minimum atomic E-state index is 0.697. The molecule has 2 aromatic heterocycles. The van der Waals surface area contributed by atoms with E-state index >= 15 is 0 Å². The van der Waals surface area contributed by atoms with Crippen LogP contribution in [0.3, 0.4) is 0 Å². The normalized spacial score (nSPS) is 11.4. The van der Waals surface area contributed by atoms with Crippen LogP contribution in [0.15, 0.2) is 174 Å². The second-order valence-corrected chi connectivity index (χ2v) is 11.8. The van der Waals surface area contributed by atoms with Crippen molar-refractivity contribution in [1.29, 1.82) is 0 Å². The summed E-state index contributed by atoms with van der Waals surface area (Å²) in [6.45, 7) is 0. The smallest absolute Gasteiger partial charge is 0.160 e. The van der Waals surface area contributed by atoms with Crippen LogP contribution in [-0.4, -0.2) is 9.97 Å². The van der Waals surface area contributed by atoms with Gasteiger partial charge in [-0.3, -0.25) is 0 Å². The molecule has 0 fully saturated rings. The lowest BCUT2D eigenvalue weighted by molar-refractivity contribution is 0.670. The Morgan fingerprint density at radius 1 is 0.383 bits per heavy atom. The summed E-state index contributed by atoms with van der Waals surface area (Å²) in [5.74, 6) is 0.697. The number of rotatable bonds is 5. The van der Waals surface area contributed by atoms with Crippen LogP contribution in [0.4, 0.5) is 0 Å². The lowest BCUT2D eigenvalue weighted by Gasteiger charge is -2.11. The fourth-order valence-electron chi connectivity index (χ4n) is 6.59. The van der Waals surface area contributed by atoms with Gasteiger partial charge >= 0.3 is 0 Å². The molecule has 0 unspecified atom stereocenters. The Morgan fingerprint density at radius 3 is 1.66 bits per heavy atom. The van der Waals surface area contributed by atoms with Crippen LogP contribution < -0.4 is 0 Å². The van der Waals surface area contributed by atoms with Gasteiger partial charge in [0.25, 0.3) is 0 Å². The molecule has 0 radical (unpaired) electrons. The van der Waals surface area contributed by atoms with Crippen LogP contribution in [0, 0.1) is 0 Å². The maximum absolute atomic E-state index is 6.55. The van der Waals surface area contributed by atoms with Crippen LogP contribution in [-0.2, 0) is 0 Å². The molecule has 9 aromatic rings. The zero-order valence-electron chi connectivity index (χ0n) is 25.5. The van der Waals surface area contributed by atoms with Gasteiger partial charge in [0.05, 0.1) is 11.4 Å². The number of hydrogen-bond acceptors (Lipinski definition) is 3. The lowest BCUT2D eigenvalue weighted by atomic mass is 9.96. The number of benzene rings is 7. The first-order valence-electron chi connectivity index (χ1n) is 15.8. The molecule has 7 aromatic carbocycles. The van der Waals surface area contributed by atoms with Crippen molar-refractivity contribution in [2.75, 3.05) is 0 Å². The largest absolute Gasteiger partial charge is 0.455 e. The standard InChI is InChI=1S/C44H28N2O/c1-3-13-30(14-4-1)39-28-40(31-15-5-2-6-16-31)46-44(45-39)35-20-10-18-33(27-35)32-17-9-19-34(26-32)37-22-11-23-38-42-36-21-8-7-12-29(36)24-25-41(42)47-43(37)38/h1-28H. The van der Waals surface area contributed by atoms with Crippen molar-refractivity contribution in [3.8, 4) is 56.2 Å². The SMILES string of the molecule is c1ccc(-c2cc(-c3ccccc3)nc(-c3cccc(-c4cccc(-c5cccc6c5oc5ccc7ccccc7c56)c4)c3)n2)cc1. The zero-order chi connectivity index (χ0) is 31.2. The topological polar surface area (TPSA) is 38.9 Å². The van der Waals surface area contributed by atoms with Crippen LogP contribution in [0.1, 0.15) is 0 Å². The van der Waals surface area contributed by atoms with E-state index in [1.807, 2.05) is 36.4 Å². The molecule has 2 heterocycles. The molecule has 0 saturated carbocycles. The first kappa shape index (κ1) is 27.0. The van der Waals surface area contributed by atoms with Crippen molar-refractivity contribution >= 4 is 32.7 Å². The lowest BCUT2D eigenvalue weighted by Crippen LogP contribution is -1.96. The summed E-state index contributed by atoms with van der Waals surface area (Å²) in [5.41, 5.74) is 11.1. The predicted octanol–water partition coefficient (Wildman–Crippen LogP) is 11.9. The highest BCUT2D eigenvalue weighted by Gasteiger charge is 2.16. The fourth-order valence-corrected chi connectivity index (χ4v) is 6.59. The number of aromatic nitrogens is 2. The van der Waals surface area contributed by atoms with E-state index in [1.165, 1.54) is 10.8 Å². The number of nitrogens with zero attached hydrogens (tertiary/aromatic N) is 2. The summed E-state index contributed by atoms with van der Waals surface area (Å²) in [6, 6.07) is 59.0. The minimum Gasteiger partial charge on any atom is -0.455 e. The first-order chi connectivity index (χ1) is 23.3. The highest BCUT2D eigenvalue weighted by atomic mass is 16.3. The molecule has 3 nitrogen and oxygen atoms in total. The Kier molecular flexibility index (Phi) is 6.46. The van der Waals surface area contributed by atoms with E-state index in [1.54, 1.807) is 0 Å². The Labute approximate surface area is 272 Å². The average Bonchev–Trinajstić information content (AvgIpc) is 3.55. The van der Waals surface area contributed by atoms with Crippen molar-refractivity contribution in [3.63, 3.8) is 0 Å². The number of para-hydroxylation sites is 1. The molecular weight excluding hydrogens is 572 g/mol. The van der Waals surface area contributed by atoms with Gasteiger partial charge in [-0.1, -0.05) is 146 Å². The van der Waals surface area contributed by atoms with Crippen molar-refractivity contribution in [2.45, 2.75) is 0 Å². The molecule has 0 aliphatic carbocycles. The van der Waals surface area contributed by atoms with E-state index in [-0.39, 0.29) is 0 Å². The van der Waals surface area contributed by atoms with Crippen LogP contribution in [0.25, 0.3) is 88.9 Å². The van der Waals surface area contributed by atoms with Crippen molar-refractivity contribution < 1.29 is 4.42 Å². The van der Waals surface area contributed by atoms with E-state index in [0.717, 1.165) is 72.3 Å². The third kappa shape index (κ3) is 4.86. The summed E-state index contributed by atoms with van der Waals surface area (Å²) < 4.78 is 6.55. The van der Waals surface area contributed by atoms with Gasteiger partial charge in [-0.2, -0.15) is 0 Å². The molecule has 0 aliphatic rings. The van der Waals surface area contributed by atoms with Gasteiger partial charge in [0.2, 0.25) is 0 Å². The highest BCUT2D eigenvalue weighted by molar-refractivity contribution is 6.20. The van der Waals surface area contributed by atoms with Gasteiger partial charge in [-0.15, -0.1) is 0 Å². The maximum atomic E-state index is 6.55. The van der Waals surface area contributed by atoms with Crippen LogP contribution in [0.2, 0.25) is 0 Å². The molecule has 9 rings (SSSR count). The molecule has 0 spiro atoms. The number of hydrogen-bond donors (Lipinski definition) is 0. The monoisotopic (exact) mass is 600 g/mol. The summed E-state index contributed by atoms with van der Waals surface area (Å²) in [7, 11) is 0. The third-order valence-electron chi connectivity index (χ3n) is 8.88. The van der Waals surface area contributed by atoms with E-state index in [2.05, 4.69) is 133 Å². The van der Waals surface area contributed by atoms with E-state index in [0.29, 0.717) is 5.82 Å². The molecule has 3 heteroatoms. The first-order valence-corrected chi connectivity index (χ1v) is 15.8. The molecule has 0 bridgehead atoms. The Balaban J connectivity index is 1.15. The van der Waals surface area contributed by atoms with Gasteiger partial charge in [-0.05, 0) is 51.7 Å². The van der Waals surface area contributed by atoms with Gasteiger partial charge in [0.1, 0.15) is 11.2 Å². The van der Waals surface area contributed by atoms with E-state index < -0.39 is 0 Å². The highest BCUT2D eigenvalue weighted by Crippen LogP contribution is 2.40. The Bertz CT molecular complexity index is 2510. The summed E-state index contributed by atoms with van der Waals surface area (Å²) in [5, 5.41) is 4.72. The Morgan fingerprint density at radius 2 is 0.936 bits per heavy atom. The second kappa shape index (κ2) is 11.2. The van der Waals surface area contributed by atoms with Crippen LogP contribution in [0.5, 0.6) is 0 Å². The molecule has 47 heavy (non-hydrogen) atoms. The predicted molar refractivity (Wildman–Crippen MR) is 194 cm³/mol. The van der Waals surface area contributed by atoms with Gasteiger partial charge in [0, 0.05) is 33.0 Å². The molecular formula is C44H28N2O. The van der Waals surface area contributed by atoms with Gasteiger partial charge in [0.15, 0.2) is 5.82 Å². The molecule has 220 valence electrons. The quantitative estimate of drug-likeness (QED) is 0.197. The summed E-state index contributed by atoms with van der Waals surface area (Å²) in [6.07, 6.45) is 0. The summed E-state index contributed by atoms with van der Waals surface area (Å²) >= 11 is 0. The average molecular weight is 601 g/mol. The molecule has 0 saturated heterocycles. The van der Waals surface area contributed by atoms with E-state index in [4.69, 9.17) is 14.4 Å². The maximum Gasteiger partial charge on any atom is 0.160 e. The molecule has 0 atom stereocenters.